The predicted molar refractivity (Wildman–Crippen MR) is 72.6 cm³/mol. The lowest BCUT2D eigenvalue weighted by molar-refractivity contribution is 0.787. The van der Waals surface area contributed by atoms with Crippen molar-refractivity contribution in [2.45, 2.75) is 26.3 Å². The molecule has 0 aromatic carbocycles. The molecule has 0 saturated heterocycles. The number of anilines is 1. The summed E-state index contributed by atoms with van der Waals surface area (Å²) >= 11 is 1.80. The zero-order chi connectivity index (χ0) is 13.0. The van der Waals surface area contributed by atoms with Crippen LogP contribution >= 0.6 is 11.3 Å². The van der Waals surface area contributed by atoms with E-state index in [1.54, 1.807) is 17.4 Å². The lowest BCUT2D eigenvalue weighted by Crippen LogP contribution is -2.19. The SMILES string of the molecule is Cc1ccc(CC(C)Nc2nnccc2C#N)s1. The van der Waals surface area contributed by atoms with Gasteiger partial charge in [-0.3, -0.25) is 0 Å². The lowest BCUT2D eigenvalue weighted by atomic mass is 10.2. The van der Waals surface area contributed by atoms with Crippen LogP contribution in [0.5, 0.6) is 0 Å². The van der Waals surface area contributed by atoms with Crippen molar-refractivity contribution in [2.75, 3.05) is 5.32 Å². The van der Waals surface area contributed by atoms with E-state index in [2.05, 4.69) is 47.6 Å². The summed E-state index contributed by atoms with van der Waals surface area (Å²) in [7, 11) is 0. The van der Waals surface area contributed by atoms with Gasteiger partial charge in [-0.2, -0.15) is 10.4 Å². The quantitative estimate of drug-likeness (QED) is 0.916. The second kappa shape index (κ2) is 5.61. The molecule has 2 rings (SSSR count). The monoisotopic (exact) mass is 258 g/mol. The van der Waals surface area contributed by atoms with E-state index < -0.39 is 0 Å². The third kappa shape index (κ3) is 3.05. The summed E-state index contributed by atoms with van der Waals surface area (Å²) in [6, 6.07) is 8.24. The summed E-state index contributed by atoms with van der Waals surface area (Å²) in [6.07, 6.45) is 2.44. The van der Waals surface area contributed by atoms with Crippen LogP contribution in [0.2, 0.25) is 0 Å². The zero-order valence-electron chi connectivity index (χ0n) is 10.3. The van der Waals surface area contributed by atoms with E-state index in [4.69, 9.17) is 5.26 Å². The molecule has 0 fully saturated rings. The van der Waals surface area contributed by atoms with Crippen molar-refractivity contribution in [1.29, 1.82) is 5.26 Å². The van der Waals surface area contributed by atoms with Gasteiger partial charge >= 0.3 is 0 Å². The Balaban J connectivity index is 2.03. The molecule has 5 heteroatoms. The average molecular weight is 258 g/mol. The minimum Gasteiger partial charge on any atom is -0.365 e. The van der Waals surface area contributed by atoms with Crippen molar-refractivity contribution in [3.05, 3.63) is 39.7 Å². The van der Waals surface area contributed by atoms with Crippen molar-refractivity contribution < 1.29 is 0 Å². The second-order valence-electron chi connectivity index (χ2n) is 4.17. The standard InChI is InChI=1S/C13H14N4S/c1-9(7-12-4-3-10(2)18-12)16-13-11(8-14)5-6-15-17-13/h3-6,9H,7H2,1-2H3,(H,16,17). The Hall–Kier alpha value is -1.93. The van der Waals surface area contributed by atoms with Gasteiger partial charge in [-0.05, 0) is 32.0 Å². The minimum absolute atomic E-state index is 0.215. The highest BCUT2D eigenvalue weighted by atomic mass is 32.1. The smallest absolute Gasteiger partial charge is 0.166 e. The van der Waals surface area contributed by atoms with Gasteiger partial charge < -0.3 is 5.32 Å². The molecule has 1 N–H and O–H groups in total. The molecule has 0 spiro atoms. The number of aromatic nitrogens is 2. The fraction of sp³-hybridized carbons (Fsp3) is 0.308. The van der Waals surface area contributed by atoms with Crippen molar-refractivity contribution in [1.82, 2.24) is 10.2 Å². The van der Waals surface area contributed by atoms with Crippen LogP contribution in [0.4, 0.5) is 5.82 Å². The van der Waals surface area contributed by atoms with Gasteiger partial charge in [0, 0.05) is 22.2 Å². The molecule has 0 radical (unpaired) electrons. The third-order valence-electron chi connectivity index (χ3n) is 2.53. The third-order valence-corrected chi connectivity index (χ3v) is 3.55. The van der Waals surface area contributed by atoms with E-state index in [-0.39, 0.29) is 6.04 Å². The number of nitrogens with one attached hydrogen (secondary N) is 1. The van der Waals surface area contributed by atoms with Gasteiger partial charge in [0.25, 0.3) is 0 Å². The molecule has 1 atom stereocenters. The first-order chi connectivity index (χ1) is 8.69. The molecule has 18 heavy (non-hydrogen) atoms. The predicted octanol–water partition coefficient (Wildman–Crippen LogP) is 2.76. The van der Waals surface area contributed by atoms with Crippen LogP contribution in [-0.2, 0) is 6.42 Å². The van der Waals surface area contributed by atoms with Gasteiger partial charge in [0.1, 0.15) is 6.07 Å². The van der Waals surface area contributed by atoms with Crippen LogP contribution in [0.15, 0.2) is 24.4 Å². The summed E-state index contributed by atoms with van der Waals surface area (Å²) in [4.78, 5) is 2.64. The summed E-state index contributed by atoms with van der Waals surface area (Å²) in [6.45, 7) is 4.17. The van der Waals surface area contributed by atoms with Crippen LogP contribution < -0.4 is 5.32 Å². The van der Waals surface area contributed by atoms with E-state index in [1.165, 1.54) is 16.0 Å². The highest BCUT2D eigenvalue weighted by Crippen LogP contribution is 2.18. The van der Waals surface area contributed by atoms with Crippen LogP contribution in [0.25, 0.3) is 0 Å². The highest BCUT2D eigenvalue weighted by Gasteiger charge is 2.09. The van der Waals surface area contributed by atoms with Crippen molar-refractivity contribution in [3.63, 3.8) is 0 Å². The van der Waals surface area contributed by atoms with Gasteiger partial charge in [-0.15, -0.1) is 16.4 Å². The number of nitrogens with zero attached hydrogens (tertiary/aromatic N) is 3. The molecule has 4 nitrogen and oxygen atoms in total. The highest BCUT2D eigenvalue weighted by molar-refractivity contribution is 7.11. The summed E-state index contributed by atoms with van der Waals surface area (Å²) < 4.78 is 0. The molecule has 1 unspecified atom stereocenters. The Labute approximate surface area is 110 Å². The van der Waals surface area contributed by atoms with Gasteiger partial charge in [0.15, 0.2) is 5.82 Å². The number of aryl methyl sites for hydroxylation is 1. The van der Waals surface area contributed by atoms with E-state index in [0.29, 0.717) is 11.4 Å². The molecule has 2 aromatic rings. The minimum atomic E-state index is 0.215. The maximum Gasteiger partial charge on any atom is 0.166 e. The van der Waals surface area contributed by atoms with Crippen molar-refractivity contribution >= 4 is 17.2 Å². The number of thiophene rings is 1. The summed E-state index contributed by atoms with van der Waals surface area (Å²) in [5.41, 5.74) is 0.527. The van der Waals surface area contributed by atoms with Gasteiger partial charge in [0.05, 0.1) is 11.8 Å². The molecule has 0 amide bonds. The van der Waals surface area contributed by atoms with Crippen LogP contribution in [-0.4, -0.2) is 16.2 Å². The van der Waals surface area contributed by atoms with Crippen LogP contribution in [0.1, 0.15) is 22.2 Å². The second-order valence-corrected chi connectivity index (χ2v) is 5.54. The van der Waals surface area contributed by atoms with Crippen molar-refractivity contribution in [2.24, 2.45) is 0 Å². The van der Waals surface area contributed by atoms with E-state index in [0.717, 1.165) is 6.42 Å². The first-order valence-corrected chi connectivity index (χ1v) is 6.54. The lowest BCUT2D eigenvalue weighted by Gasteiger charge is -2.13. The van der Waals surface area contributed by atoms with Crippen molar-refractivity contribution in [3.8, 4) is 6.07 Å². The largest absolute Gasteiger partial charge is 0.365 e. The molecule has 0 bridgehead atoms. The number of hydrogen-bond acceptors (Lipinski definition) is 5. The molecule has 0 aliphatic heterocycles. The zero-order valence-corrected chi connectivity index (χ0v) is 11.2. The average Bonchev–Trinajstić information content (AvgIpc) is 2.75. The molecular weight excluding hydrogens is 244 g/mol. The molecular formula is C13H14N4S. The normalized spacial score (nSPS) is 11.8. The maximum absolute atomic E-state index is 8.97. The molecule has 0 aliphatic rings. The van der Waals surface area contributed by atoms with Gasteiger partial charge in [-0.25, -0.2) is 0 Å². The number of rotatable bonds is 4. The van der Waals surface area contributed by atoms with Gasteiger partial charge in [0.2, 0.25) is 0 Å². The maximum atomic E-state index is 8.97. The fourth-order valence-corrected chi connectivity index (χ4v) is 2.73. The topological polar surface area (TPSA) is 61.6 Å². The Bertz CT molecular complexity index is 570. The fourth-order valence-electron chi connectivity index (χ4n) is 1.71. The molecule has 92 valence electrons. The Morgan fingerprint density at radius 3 is 2.94 bits per heavy atom. The molecule has 0 saturated carbocycles. The number of hydrogen-bond donors (Lipinski definition) is 1. The molecule has 2 aromatic heterocycles. The van der Waals surface area contributed by atoms with E-state index in [1.807, 2.05) is 0 Å². The number of nitriles is 1. The first-order valence-electron chi connectivity index (χ1n) is 5.72. The summed E-state index contributed by atoms with van der Waals surface area (Å²) in [5, 5.41) is 20.0. The molecule has 0 aliphatic carbocycles. The Morgan fingerprint density at radius 1 is 1.44 bits per heavy atom. The Kier molecular flexibility index (Phi) is 3.90. The van der Waals surface area contributed by atoms with Gasteiger partial charge in [-0.1, -0.05) is 0 Å². The van der Waals surface area contributed by atoms with Crippen LogP contribution in [0.3, 0.4) is 0 Å². The van der Waals surface area contributed by atoms with E-state index >= 15 is 0 Å². The van der Waals surface area contributed by atoms with Crippen LogP contribution in [0, 0.1) is 18.3 Å². The Morgan fingerprint density at radius 2 is 2.28 bits per heavy atom. The first kappa shape index (κ1) is 12.5. The summed E-state index contributed by atoms with van der Waals surface area (Å²) in [5.74, 6) is 0.556. The molecule has 2 heterocycles. The van der Waals surface area contributed by atoms with E-state index in [9.17, 15) is 0 Å².